The summed E-state index contributed by atoms with van der Waals surface area (Å²) in [5.74, 6) is 0.164. The number of hydrogen-bond donors (Lipinski definition) is 0. The number of halogens is 4. The maximum Gasteiger partial charge on any atom is 0.416 e. The third-order valence-corrected chi connectivity index (χ3v) is 2.28. The Labute approximate surface area is 82.6 Å². The first-order valence-corrected chi connectivity index (χ1v) is 5.25. The Kier molecular flexibility index (Phi) is 3.50. The second-order valence-corrected chi connectivity index (χ2v) is 3.57. The second-order valence-electron chi connectivity index (χ2n) is 2.41. The van der Waals surface area contributed by atoms with Gasteiger partial charge in [0.25, 0.3) is 0 Å². The summed E-state index contributed by atoms with van der Waals surface area (Å²) < 4.78 is 37.0. The molecule has 0 aliphatic carbocycles. The number of benzene rings is 1. The van der Waals surface area contributed by atoms with Crippen molar-refractivity contribution in [3.63, 3.8) is 0 Å². The lowest BCUT2D eigenvalue weighted by Crippen LogP contribution is -2.07. The van der Waals surface area contributed by atoms with E-state index in [4.69, 9.17) is 10.7 Å². The third kappa shape index (κ3) is 2.81. The summed E-state index contributed by atoms with van der Waals surface area (Å²) in [7, 11) is 6.16. The molecule has 1 rings (SSSR count). The first-order valence-electron chi connectivity index (χ1n) is 3.44. The molecule has 0 nitrogen and oxygen atoms in total. The van der Waals surface area contributed by atoms with E-state index in [9.17, 15) is 13.2 Å². The summed E-state index contributed by atoms with van der Waals surface area (Å²) in [6.07, 6.45) is -4.29. The van der Waals surface area contributed by atoms with Gasteiger partial charge in [0.2, 0.25) is 0 Å². The SMILES string of the molecule is FC(F)(F)c1ccccc1CSCl. The van der Waals surface area contributed by atoms with Gasteiger partial charge < -0.3 is 0 Å². The number of rotatable bonds is 2. The van der Waals surface area contributed by atoms with Gasteiger partial charge in [-0.2, -0.15) is 13.2 Å². The van der Waals surface area contributed by atoms with Crippen molar-refractivity contribution in [3.05, 3.63) is 35.4 Å². The molecule has 0 aliphatic heterocycles. The summed E-state index contributed by atoms with van der Waals surface area (Å²) in [5, 5.41) is 0. The quantitative estimate of drug-likeness (QED) is 0.732. The molecule has 0 atom stereocenters. The lowest BCUT2D eigenvalue weighted by atomic mass is 10.1. The van der Waals surface area contributed by atoms with Crippen molar-refractivity contribution < 1.29 is 13.2 Å². The monoisotopic (exact) mass is 226 g/mol. The first-order chi connectivity index (χ1) is 6.05. The minimum absolute atomic E-state index is 0.164. The number of alkyl halides is 3. The van der Waals surface area contributed by atoms with Crippen LogP contribution in [0.15, 0.2) is 24.3 Å². The van der Waals surface area contributed by atoms with Crippen molar-refractivity contribution in [2.24, 2.45) is 0 Å². The van der Waals surface area contributed by atoms with Crippen LogP contribution in [0, 0.1) is 0 Å². The molecule has 72 valence electrons. The van der Waals surface area contributed by atoms with Crippen LogP contribution < -0.4 is 0 Å². The molecule has 0 heterocycles. The standard InChI is InChI=1S/C8H6ClF3S/c9-13-5-6-3-1-2-4-7(6)8(10,11)12/h1-4H,5H2. The van der Waals surface area contributed by atoms with Gasteiger partial charge in [0, 0.05) is 5.75 Å². The fraction of sp³-hybridized carbons (Fsp3) is 0.250. The van der Waals surface area contributed by atoms with Gasteiger partial charge >= 0.3 is 6.18 Å². The van der Waals surface area contributed by atoms with Crippen LogP contribution in [0.5, 0.6) is 0 Å². The highest BCUT2D eigenvalue weighted by Crippen LogP contribution is 2.33. The summed E-state index contributed by atoms with van der Waals surface area (Å²) in [4.78, 5) is 0. The lowest BCUT2D eigenvalue weighted by molar-refractivity contribution is -0.138. The average molecular weight is 227 g/mol. The molecule has 5 heteroatoms. The molecule has 0 aromatic heterocycles. The zero-order chi connectivity index (χ0) is 9.90. The zero-order valence-corrected chi connectivity index (χ0v) is 8.01. The summed E-state index contributed by atoms with van der Waals surface area (Å²) in [6.45, 7) is 0. The fourth-order valence-electron chi connectivity index (χ4n) is 0.981. The van der Waals surface area contributed by atoms with E-state index < -0.39 is 11.7 Å². The average Bonchev–Trinajstić information content (AvgIpc) is 2.04. The molecule has 0 amide bonds. The summed E-state index contributed by atoms with van der Waals surface area (Å²) >= 11 is 0. The predicted molar refractivity (Wildman–Crippen MR) is 48.6 cm³/mol. The van der Waals surface area contributed by atoms with E-state index in [0.29, 0.717) is 0 Å². The molecule has 0 saturated heterocycles. The first kappa shape index (κ1) is 10.7. The maximum atomic E-state index is 12.3. The van der Waals surface area contributed by atoms with E-state index in [2.05, 4.69) is 0 Å². The molecule has 0 unspecified atom stereocenters. The highest BCUT2D eigenvalue weighted by molar-refractivity contribution is 8.20. The van der Waals surface area contributed by atoms with E-state index in [1.54, 1.807) is 6.07 Å². The highest BCUT2D eigenvalue weighted by atomic mass is 35.7. The van der Waals surface area contributed by atoms with Crippen LogP contribution in [-0.2, 0) is 11.9 Å². The summed E-state index contributed by atoms with van der Waals surface area (Å²) in [5.41, 5.74) is -0.391. The Balaban J connectivity index is 3.05. The molecule has 0 fully saturated rings. The van der Waals surface area contributed by atoms with Crippen molar-refractivity contribution in [1.82, 2.24) is 0 Å². The molecule has 0 bridgehead atoms. The highest BCUT2D eigenvalue weighted by Gasteiger charge is 2.32. The normalized spacial score (nSPS) is 11.7. The molecular weight excluding hydrogens is 221 g/mol. The van der Waals surface area contributed by atoms with Crippen LogP contribution in [0.1, 0.15) is 11.1 Å². The van der Waals surface area contributed by atoms with Crippen LogP contribution in [-0.4, -0.2) is 0 Å². The van der Waals surface area contributed by atoms with Gasteiger partial charge in [-0.1, -0.05) is 29.2 Å². The van der Waals surface area contributed by atoms with Gasteiger partial charge in [-0.25, -0.2) is 0 Å². The Morgan fingerprint density at radius 1 is 1.23 bits per heavy atom. The lowest BCUT2D eigenvalue weighted by Gasteiger charge is -2.10. The van der Waals surface area contributed by atoms with Crippen LogP contribution >= 0.6 is 21.7 Å². The van der Waals surface area contributed by atoms with Crippen molar-refractivity contribution in [2.45, 2.75) is 11.9 Å². The van der Waals surface area contributed by atoms with Crippen molar-refractivity contribution in [1.29, 1.82) is 0 Å². The van der Waals surface area contributed by atoms with E-state index in [-0.39, 0.29) is 11.3 Å². The van der Waals surface area contributed by atoms with Gasteiger partial charge in [-0.05, 0) is 22.3 Å². The second kappa shape index (κ2) is 4.24. The van der Waals surface area contributed by atoms with Crippen LogP contribution in [0.3, 0.4) is 0 Å². The molecule has 1 aromatic carbocycles. The molecular formula is C8H6ClF3S. The Hall–Kier alpha value is -0.350. The Bertz CT molecular complexity index is 285. The minimum Gasteiger partial charge on any atom is -0.166 e. The van der Waals surface area contributed by atoms with E-state index in [1.807, 2.05) is 0 Å². The zero-order valence-electron chi connectivity index (χ0n) is 6.44. The minimum atomic E-state index is -4.29. The number of hydrogen-bond acceptors (Lipinski definition) is 1. The van der Waals surface area contributed by atoms with Crippen LogP contribution in [0.25, 0.3) is 0 Å². The fourth-order valence-corrected chi connectivity index (χ4v) is 1.70. The van der Waals surface area contributed by atoms with Gasteiger partial charge in [-0.15, -0.1) is 0 Å². The van der Waals surface area contributed by atoms with Crippen molar-refractivity contribution >= 4 is 21.7 Å². The van der Waals surface area contributed by atoms with E-state index >= 15 is 0 Å². The summed E-state index contributed by atoms with van der Waals surface area (Å²) in [6, 6.07) is 5.42. The maximum absolute atomic E-state index is 12.3. The van der Waals surface area contributed by atoms with Crippen LogP contribution in [0.2, 0.25) is 0 Å². The molecule has 0 spiro atoms. The van der Waals surface area contributed by atoms with E-state index in [1.165, 1.54) is 12.1 Å². The Morgan fingerprint density at radius 2 is 1.85 bits per heavy atom. The van der Waals surface area contributed by atoms with Crippen molar-refractivity contribution in [2.75, 3.05) is 0 Å². The van der Waals surface area contributed by atoms with Crippen molar-refractivity contribution in [3.8, 4) is 0 Å². The molecule has 0 aliphatic rings. The molecule has 0 saturated carbocycles. The van der Waals surface area contributed by atoms with Crippen LogP contribution in [0.4, 0.5) is 13.2 Å². The molecule has 0 N–H and O–H groups in total. The van der Waals surface area contributed by atoms with Gasteiger partial charge in [0.1, 0.15) is 0 Å². The smallest absolute Gasteiger partial charge is 0.166 e. The predicted octanol–water partition coefficient (Wildman–Crippen LogP) is 4.09. The topological polar surface area (TPSA) is 0 Å². The third-order valence-electron chi connectivity index (χ3n) is 1.53. The largest absolute Gasteiger partial charge is 0.416 e. The van der Waals surface area contributed by atoms with E-state index in [0.717, 1.165) is 17.0 Å². The molecule has 0 radical (unpaired) electrons. The molecule has 1 aromatic rings. The van der Waals surface area contributed by atoms with Gasteiger partial charge in [-0.3, -0.25) is 0 Å². The molecule has 13 heavy (non-hydrogen) atoms. The van der Waals surface area contributed by atoms with Gasteiger partial charge in [0.05, 0.1) is 5.56 Å². The van der Waals surface area contributed by atoms with Gasteiger partial charge in [0.15, 0.2) is 0 Å². The Morgan fingerprint density at radius 3 is 2.38 bits per heavy atom.